The molecule has 2 aliphatic carbocycles. The van der Waals surface area contributed by atoms with Crippen molar-refractivity contribution >= 4 is 22.3 Å². The fourth-order valence-electron chi connectivity index (χ4n) is 4.84. The van der Waals surface area contributed by atoms with E-state index in [1.165, 1.54) is 12.2 Å². The number of aliphatic hydroxyl groups is 1. The molecule has 0 bridgehead atoms. The predicted octanol–water partition coefficient (Wildman–Crippen LogP) is 3.21. The van der Waals surface area contributed by atoms with Gasteiger partial charge in [0.25, 0.3) is 0 Å². The van der Waals surface area contributed by atoms with E-state index < -0.39 is 28.9 Å². The lowest BCUT2D eigenvalue weighted by Crippen LogP contribution is -2.59. The topological polar surface area (TPSA) is 72.8 Å². The molecule has 1 unspecified atom stereocenters. The van der Waals surface area contributed by atoms with Crippen molar-refractivity contribution in [3.8, 4) is 11.5 Å². The average Bonchev–Trinajstić information content (AvgIpc) is 3.12. The summed E-state index contributed by atoms with van der Waals surface area (Å²) < 4.78 is 12.7. The second-order valence-electron chi connectivity index (χ2n) is 7.29. The highest BCUT2D eigenvalue weighted by Gasteiger charge is 2.76. The fraction of sp³-hybridized carbons (Fsp3) is 0.130. The summed E-state index contributed by atoms with van der Waals surface area (Å²) in [6.07, 6.45) is 1.03. The zero-order valence-corrected chi connectivity index (χ0v) is 14.6. The van der Waals surface area contributed by atoms with Gasteiger partial charge in [-0.25, -0.2) is 0 Å². The van der Waals surface area contributed by atoms with Gasteiger partial charge >= 0.3 is 5.79 Å². The lowest BCUT2D eigenvalue weighted by Gasteiger charge is -2.44. The number of hydrogen-bond donors (Lipinski definition) is 1. The molecule has 136 valence electrons. The summed E-state index contributed by atoms with van der Waals surface area (Å²) in [5, 5.41) is 12.9. The maximum atomic E-state index is 13.1. The maximum absolute atomic E-state index is 13.1. The standard InChI is InChI=1S/C23H14O5/c24-18-11-12-19(25)22(18)21(26)14-7-1-2-8-15(14)23(22)27-16-9-3-5-13-6-4-10-17(28-23)20(13)16/h1-12,21,26H. The highest BCUT2D eigenvalue weighted by Crippen LogP contribution is 2.63. The summed E-state index contributed by atoms with van der Waals surface area (Å²) in [5.74, 6) is -1.80. The number of hydrogen-bond acceptors (Lipinski definition) is 5. The largest absolute Gasteiger partial charge is 0.446 e. The average molecular weight is 370 g/mol. The van der Waals surface area contributed by atoms with Gasteiger partial charge in [-0.3, -0.25) is 9.59 Å². The molecular weight excluding hydrogens is 356 g/mol. The monoisotopic (exact) mass is 370 g/mol. The molecule has 0 saturated heterocycles. The molecule has 28 heavy (non-hydrogen) atoms. The molecule has 0 amide bonds. The first-order valence-corrected chi connectivity index (χ1v) is 9.04. The molecule has 6 rings (SSSR count). The highest BCUT2D eigenvalue weighted by molar-refractivity contribution is 6.24. The molecule has 3 aliphatic rings. The Kier molecular flexibility index (Phi) is 2.72. The molecule has 3 aromatic rings. The Hall–Kier alpha value is -3.44. The number of ether oxygens (including phenoxy) is 2. The summed E-state index contributed by atoms with van der Waals surface area (Å²) in [6, 6.07) is 18.1. The fourth-order valence-corrected chi connectivity index (χ4v) is 4.84. The number of rotatable bonds is 0. The number of aliphatic hydroxyl groups excluding tert-OH is 1. The van der Waals surface area contributed by atoms with Gasteiger partial charge in [-0.2, -0.15) is 0 Å². The minimum Gasteiger partial charge on any atom is -0.446 e. The lowest BCUT2D eigenvalue weighted by atomic mass is 9.73. The van der Waals surface area contributed by atoms with Gasteiger partial charge in [-0.05, 0) is 35.2 Å². The van der Waals surface area contributed by atoms with Crippen molar-refractivity contribution in [3.63, 3.8) is 0 Å². The summed E-state index contributed by atoms with van der Waals surface area (Å²) >= 11 is 0. The number of carbonyl (C=O) groups is 2. The molecule has 0 radical (unpaired) electrons. The van der Waals surface area contributed by atoms with E-state index in [1.54, 1.807) is 36.4 Å². The summed E-state index contributed by atoms with van der Waals surface area (Å²) in [6.45, 7) is 0. The van der Waals surface area contributed by atoms with Gasteiger partial charge in [0, 0.05) is 5.56 Å². The first-order valence-electron chi connectivity index (χ1n) is 9.04. The summed E-state index contributed by atoms with van der Waals surface area (Å²) in [4.78, 5) is 26.2. The van der Waals surface area contributed by atoms with Crippen molar-refractivity contribution in [2.75, 3.05) is 0 Å². The van der Waals surface area contributed by atoms with Gasteiger partial charge in [0.15, 0.2) is 11.6 Å². The quantitative estimate of drug-likeness (QED) is 0.615. The van der Waals surface area contributed by atoms with E-state index in [0.29, 0.717) is 22.6 Å². The van der Waals surface area contributed by atoms with Crippen LogP contribution < -0.4 is 9.47 Å². The van der Waals surface area contributed by atoms with E-state index in [9.17, 15) is 14.7 Å². The number of benzene rings is 3. The van der Waals surface area contributed by atoms with Gasteiger partial charge in [-0.15, -0.1) is 0 Å². The molecule has 1 aliphatic heterocycles. The zero-order chi connectivity index (χ0) is 19.1. The van der Waals surface area contributed by atoms with Crippen LogP contribution in [0.3, 0.4) is 0 Å². The molecule has 0 saturated carbocycles. The van der Waals surface area contributed by atoms with Gasteiger partial charge < -0.3 is 14.6 Å². The Morgan fingerprint density at radius 3 is 2.04 bits per heavy atom. The molecule has 2 spiro atoms. The van der Waals surface area contributed by atoms with Crippen molar-refractivity contribution in [1.29, 1.82) is 0 Å². The summed E-state index contributed by atoms with van der Waals surface area (Å²) in [5.41, 5.74) is -0.967. The van der Waals surface area contributed by atoms with Crippen LogP contribution in [0.1, 0.15) is 17.2 Å². The van der Waals surface area contributed by atoms with Crippen molar-refractivity contribution in [3.05, 3.63) is 83.9 Å². The van der Waals surface area contributed by atoms with E-state index in [-0.39, 0.29) is 0 Å². The third-order valence-electron chi connectivity index (χ3n) is 6.04. The van der Waals surface area contributed by atoms with Crippen LogP contribution in [-0.4, -0.2) is 16.7 Å². The smallest absolute Gasteiger partial charge is 0.301 e. The first-order chi connectivity index (χ1) is 13.6. The van der Waals surface area contributed by atoms with E-state index >= 15 is 0 Å². The van der Waals surface area contributed by atoms with Crippen LogP contribution in [0.15, 0.2) is 72.8 Å². The molecule has 5 nitrogen and oxygen atoms in total. The van der Waals surface area contributed by atoms with E-state index in [0.717, 1.165) is 10.8 Å². The molecule has 1 atom stereocenters. The minimum atomic E-state index is -1.91. The molecule has 3 aromatic carbocycles. The van der Waals surface area contributed by atoms with Crippen LogP contribution >= 0.6 is 0 Å². The van der Waals surface area contributed by atoms with E-state index in [4.69, 9.17) is 9.47 Å². The molecule has 0 aromatic heterocycles. The Labute approximate surface area is 159 Å². The molecule has 5 heteroatoms. The molecule has 0 fully saturated rings. The SMILES string of the molecule is O=C1C=CC(=O)C12C(O)c1ccccc1C21Oc2cccc3cccc(c23)O1. The molecule has 1 heterocycles. The lowest BCUT2D eigenvalue weighted by molar-refractivity contribution is -0.219. The normalized spacial score (nSPS) is 22.5. The van der Waals surface area contributed by atoms with Gasteiger partial charge in [0.2, 0.25) is 5.41 Å². The third-order valence-corrected chi connectivity index (χ3v) is 6.04. The summed E-state index contributed by atoms with van der Waals surface area (Å²) in [7, 11) is 0. The first kappa shape index (κ1) is 15.6. The van der Waals surface area contributed by atoms with Crippen LogP contribution in [0, 0.1) is 5.41 Å². The second kappa shape index (κ2) is 4.88. The minimum absolute atomic E-state index is 0.458. The van der Waals surface area contributed by atoms with Crippen LogP contribution in [0.2, 0.25) is 0 Å². The van der Waals surface area contributed by atoms with Crippen LogP contribution in [0.25, 0.3) is 10.8 Å². The number of ketones is 2. The number of fused-ring (bicyclic) bond motifs is 3. The van der Waals surface area contributed by atoms with Gasteiger partial charge in [0.05, 0.1) is 5.39 Å². The van der Waals surface area contributed by atoms with Crippen LogP contribution in [0.5, 0.6) is 11.5 Å². The highest BCUT2D eigenvalue weighted by atomic mass is 16.7. The van der Waals surface area contributed by atoms with E-state index in [2.05, 4.69) is 0 Å². The zero-order valence-electron chi connectivity index (χ0n) is 14.6. The third kappa shape index (κ3) is 1.50. The Balaban J connectivity index is 1.71. The van der Waals surface area contributed by atoms with Crippen molar-refractivity contribution < 1.29 is 24.2 Å². The number of carbonyl (C=O) groups excluding carboxylic acids is 2. The predicted molar refractivity (Wildman–Crippen MR) is 99.9 cm³/mol. The van der Waals surface area contributed by atoms with E-state index in [1.807, 2.05) is 24.3 Å². The Bertz CT molecular complexity index is 1180. The van der Waals surface area contributed by atoms with Gasteiger partial charge in [-0.1, -0.05) is 48.5 Å². The maximum Gasteiger partial charge on any atom is 0.301 e. The number of allylic oxidation sites excluding steroid dienone is 2. The van der Waals surface area contributed by atoms with Crippen LogP contribution in [0.4, 0.5) is 0 Å². The second-order valence-corrected chi connectivity index (χ2v) is 7.29. The van der Waals surface area contributed by atoms with Crippen molar-refractivity contribution in [1.82, 2.24) is 0 Å². The van der Waals surface area contributed by atoms with Crippen LogP contribution in [-0.2, 0) is 15.4 Å². The van der Waals surface area contributed by atoms with Crippen molar-refractivity contribution in [2.24, 2.45) is 5.41 Å². The van der Waals surface area contributed by atoms with Gasteiger partial charge in [0.1, 0.15) is 17.6 Å². The molecule has 1 N–H and O–H groups in total. The van der Waals surface area contributed by atoms with Crippen molar-refractivity contribution in [2.45, 2.75) is 11.9 Å². The Morgan fingerprint density at radius 2 is 1.39 bits per heavy atom. The molecular formula is C23H14O5. The Morgan fingerprint density at radius 1 is 0.786 bits per heavy atom.